The number of H-pyrrole nitrogens is 1. The molecule has 4 rings (SSSR count). The largest absolute Gasteiger partial charge is 0.339 e. The Morgan fingerprint density at radius 3 is 2.38 bits per heavy atom. The number of anilines is 2. The predicted molar refractivity (Wildman–Crippen MR) is 111 cm³/mol. The first-order chi connectivity index (χ1) is 13.8. The number of aryl methyl sites for hydroxylation is 1. The first-order valence-electron chi connectivity index (χ1n) is 9.07. The van der Waals surface area contributed by atoms with Gasteiger partial charge in [-0.25, -0.2) is 9.59 Å². The molecule has 29 heavy (non-hydrogen) atoms. The Balaban J connectivity index is 1.47. The SMILES string of the molecule is Cn1c(=O)c2[nH]c(N3CCN(C(=O)Nc4ccc(Cl)cc4)CC3)nc2n(C)c1=O. The van der Waals surface area contributed by atoms with Gasteiger partial charge in [0.25, 0.3) is 5.56 Å². The van der Waals surface area contributed by atoms with Crippen molar-refractivity contribution in [3.63, 3.8) is 0 Å². The zero-order valence-electron chi connectivity index (χ0n) is 16.0. The number of benzene rings is 1. The molecule has 1 fully saturated rings. The number of hydrogen-bond donors (Lipinski definition) is 2. The van der Waals surface area contributed by atoms with Crippen LogP contribution in [0.1, 0.15) is 0 Å². The van der Waals surface area contributed by atoms with Gasteiger partial charge in [-0.1, -0.05) is 11.6 Å². The minimum atomic E-state index is -0.427. The summed E-state index contributed by atoms with van der Waals surface area (Å²) >= 11 is 5.86. The van der Waals surface area contributed by atoms with Crippen LogP contribution in [-0.2, 0) is 14.1 Å². The van der Waals surface area contributed by atoms with Crippen molar-refractivity contribution in [2.45, 2.75) is 0 Å². The molecule has 152 valence electrons. The number of piperazine rings is 1. The second kappa shape index (κ2) is 7.28. The van der Waals surface area contributed by atoms with E-state index in [2.05, 4.69) is 15.3 Å². The van der Waals surface area contributed by atoms with E-state index >= 15 is 0 Å². The van der Waals surface area contributed by atoms with E-state index in [4.69, 9.17) is 11.6 Å². The summed E-state index contributed by atoms with van der Waals surface area (Å²) in [6.07, 6.45) is 0. The molecule has 2 N–H and O–H groups in total. The fourth-order valence-electron chi connectivity index (χ4n) is 3.32. The number of nitrogens with one attached hydrogen (secondary N) is 2. The lowest BCUT2D eigenvalue weighted by atomic mass is 10.3. The summed E-state index contributed by atoms with van der Waals surface area (Å²) in [6, 6.07) is 6.74. The summed E-state index contributed by atoms with van der Waals surface area (Å²) in [7, 11) is 3.01. The maximum Gasteiger partial charge on any atom is 0.332 e. The molecule has 1 aliphatic rings. The van der Waals surface area contributed by atoms with Crippen LogP contribution in [0.15, 0.2) is 33.9 Å². The lowest BCUT2D eigenvalue weighted by molar-refractivity contribution is 0.208. The van der Waals surface area contributed by atoms with Gasteiger partial charge in [0.05, 0.1) is 0 Å². The minimum absolute atomic E-state index is 0.187. The number of fused-ring (bicyclic) bond motifs is 1. The number of halogens is 1. The number of aromatic nitrogens is 4. The summed E-state index contributed by atoms with van der Waals surface area (Å²) in [5, 5.41) is 3.45. The van der Waals surface area contributed by atoms with Gasteiger partial charge >= 0.3 is 11.7 Å². The van der Waals surface area contributed by atoms with Crippen LogP contribution in [0.25, 0.3) is 11.2 Å². The van der Waals surface area contributed by atoms with E-state index in [1.54, 1.807) is 36.2 Å². The van der Waals surface area contributed by atoms with E-state index in [-0.39, 0.29) is 11.5 Å². The Morgan fingerprint density at radius 1 is 1.07 bits per heavy atom. The quantitative estimate of drug-likeness (QED) is 0.645. The summed E-state index contributed by atoms with van der Waals surface area (Å²) < 4.78 is 2.38. The number of carbonyl (C=O) groups excluding carboxylic acids is 1. The fraction of sp³-hybridized carbons (Fsp3) is 0.333. The van der Waals surface area contributed by atoms with Crippen LogP contribution in [-0.4, -0.2) is 56.2 Å². The summed E-state index contributed by atoms with van der Waals surface area (Å²) in [5.74, 6) is 0.510. The van der Waals surface area contributed by atoms with Crippen LogP contribution in [0.2, 0.25) is 5.02 Å². The van der Waals surface area contributed by atoms with E-state index in [1.165, 1.54) is 11.6 Å². The Hall–Kier alpha value is -3.27. The van der Waals surface area contributed by atoms with Crippen molar-refractivity contribution in [1.29, 1.82) is 0 Å². The molecule has 11 heteroatoms. The van der Waals surface area contributed by atoms with Gasteiger partial charge in [0.15, 0.2) is 11.2 Å². The van der Waals surface area contributed by atoms with Crippen LogP contribution >= 0.6 is 11.6 Å². The van der Waals surface area contributed by atoms with Crippen LogP contribution in [0.4, 0.5) is 16.4 Å². The number of urea groups is 1. The molecule has 10 nitrogen and oxygen atoms in total. The molecule has 1 aliphatic heterocycles. The molecule has 0 saturated carbocycles. The normalized spacial score (nSPS) is 14.4. The van der Waals surface area contributed by atoms with Gasteiger partial charge in [0, 0.05) is 51.0 Å². The number of amides is 2. The third-order valence-electron chi connectivity index (χ3n) is 5.04. The first-order valence-corrected chi connectivity index (χ1v) is 9.45. The molecule has 3 heterocycles. The Bertz CT molecular complexity index is 1190. The molecule has 0 bridgehead atoms. The topological polar surface area (TPSA) is 108 Å². The van der Waals surface area contributed by atoms with E-state index in [9.17, 15) is 14.4 Å². The maximum atomic E-state index is 12.5. The minimum Gasteiger partial charge on any atom is -0.339 e. The molecular weight excluding hydrogens is 398 g/mol. The van der Waals surface area contributed by atoms with Gasteiger partial charge in [0.2, 0.25) is 5.95 Å². The fourth-order valence-corrected chi connectivity index (χ4v) is 3.45. The number of nitrogens with zero attached hydrogens (tertiary/aromatic N) is 5. The highest BCUT2D eigenvalue weighted by Crippen LogP contribution is 2.17. The Morgan fingerprint density at radius 2 is 1.72 bits per heavy atom. The monoisotopic (exact) mass is 417 g/mol. The number of carbonyl (C=O) groups is 1. The molecule has 2 amide bonds. The highest BCUT2D eigenvalue weighted by Gasteiger charge is 2.24. The van der Waals surface area contributed by atoms with Crippen molar-refractivity contribution in [3.8, 4) is 0 Å². The molecule has 1 saturated heterocycles. The second-order valence-electron chi connectivity index (χ2n) is 6.88. The van der Waals surface area contributed by atoms with E-state index < -0.39 is 11.2 Å². The average Bonchev–Trinajstić information content (AvgIpc) is 3.18. The molecule has 1 aromatic carbocycles. The van der Waals surface area contributed by atoms with Crippen molar-refractivity contribution in [3.05, 3.63) is 50.1 Å². The van der Waals surface area contributed by atoms with Crippen molar-refractivity contribution >= 4 is 40.4 Å². The summed E-state index contributed by atoms with van der Waals surface area (Å²) in [5.41, 5.74) is 0.437. The lowest BCUT2D eigenvalue weighted by Gasteiger charge is -2.34. The van der Waals surface area contributed by atoms with Crippen molar-refractivity contribution in [1.82, 2.24) is 24.0 Å². The van der Waals surface area contributed by atoms with Gasteiger partial charge in [0.1, 0.15) is 0 Å². The van der Waals surface area contributed by atoms with Gasteiger partial charge in [-0.2, -0.15) is 4.98 Å². The molecular formula is C18H20ClN7O3. The molecule has 0 atom stereocenters. The second-order valence-corrected chi connectivity index (χ2v) is 7.31. The highest BCUT2D eigenvalue weighted by atomic mass is 35.5. The van der Waals surface area contributed by atoms with Gasteiger partial charge < -0.3 is 20.1 Å². The number of hydrogen-bond acceptors (Lipinski definition) is 5. The van der Waals surface area contributed by atoms with Gasteiger partial charge in [-0.05, 0) is 24.3 Å². The zero-order chi connectivity index (χ0) is 20.7. The molecule has 0 spiro atoms. The molecule has 0 unspecified atom stereocenters. The molecule has 0 aliphatic carbocycles. The summed E-state index contributed by atoms with van der Waals surface area (Å²) in [4.78, 5) is 48.0. The summed E-state index contributed by atoms with van der Waals surface area (Å²) in [6.45, 7) is 2.07. The molecule has 0 radical (unpaired) electrons. The number of rotatable bonds is 2. The van der Waals surface area contributed by atoms with Gasteiger partial charge in [-0.15, -0.1) is 0 Å². The third kappa shape index (κ3) is 3.46. The van der Waals surface area contributed by atoms with Crippen LogP contribution in [0.3, 0.4) is 0 Å². The molecule has 2 aromatic heterocycles. The van der Waals surface area contributed by atoms with Crippen molar-refractivity contribution < 1.29 is 4.79 Å². The van der Waals surface area contributed by atoms with Crippen molar-refractivity contribution in [2.75, 3.05) is 36.4 Å². The molecule has 3 aromatic rings. The predicted octanol–water partition coefficient (Wildman–Crippen LogP) is 0.968. The standard InChI is InChI=1S/C18H20ClN7O3/c1-23-14-13(15(27)24(2)18(23)29)21-16(22-14)25-7-9-26(10-8-25)17(28)20-12-5-3-11(19)4-6-12/h3-6H,7-10H2,1-2H3,(H,20,28)(H,21,22). The van der Waals surface area contributed by atoms with E-state index in [1.807, 2.05) is 4.90 Å². The number of aromatic amines is 1. The third-order valence-corrected chi connectivity index (χ3v) is 5.30. The highest BCUT2D eigenvalue weighted by molar-refractivity contribution is 6.30. The Labute approximate surface area is 170 Å². The Kier molecular flexibility index (Phi) is 4.79. The zero-order valence-corrected chi connectivity index (χ0v) is 16.7. The number of imidazole rings is 1. The van der Waals surface area contributed by atoms with E-state index in [0.29, 0.717) is 48.5 Å². The first kappa shape index (κ1) is 19.1. The lowest BCUT2D eigenvalue weighted by Crippen LogP contribution is -2.50. The van der Waals surface area contributed by atoms with Crippen molar-refractivity contribution in [2.24, 2.45) is 14.1 Å². The van der Waals surface area contributed by atoms with Crippen LogP contribution < -0.4 is 21.5 Å². The average molecular weight is 418 g/mol. The smallest absolute Gasteiger partial charge is 0.332 e. The van der Waals surface area contributed by atoms with Crippen LogP contribution in [0.5, 0.6) is 0 Å². The van der Waals surface area contributed by atoms with Crippen LogP contribution in [0, 0.1) is 0 Å². The van der Waals surface area contributed by atoms with E-state index in [0.717, 1.165) is 4.57 Å². The maximum absolute atomic E-state index is 12.5. The van der Waals surface area contributed by atoms with Gasteiger partial charge in [-0.3, -0.25) is 13.9 Å².